The first-order valence-corrected chi connectivity index (χ1v) is 12.6. The molecule has 0 aliphatic carbocycles. The van der Waals surface area contributed by atoms with E-state index in [-0.39, 0.29) is 28.8 Å². The number of halogens is 8. The van der Waals surface area contributed by atoms with Crippen LogP contribution in [0.3, 0.4) is 0 Å². The summed E-state index contributed by atoms with van der Waals surface area (Å²) in [4.78, 5) is 13.4. The molecule has 0 saturated heterocycles. The van der Waals surface area contributed by atoms with Gasteiger partial charge < -0.3 is 9.64 Å². The predicted molar refractivity (Wildman–Crippen MR) is 117 cm³/mol. The Labute approximate surface area is 212 Å². The van der Waals surface area contributed by atoms with Crippen LogP contribution in [-0.4, -0.2) is 61.9 Å². The third-order valence-electron chi connectivity index (χ3n) is 5.07. The number of sulfonamides is 1. The molecule has 3 rings (SSSR count). The summed E-state index contributed by atoms with van der Waals surface area (Å²) in [5.74, 6) is -4.34. The van der Waals surface area contributed by atoms with Crippen molar-refractivity contribution in [3.8, 4) is 0 Å². The monoisotopic (exact) mass is 596 g/mol. The number of ether oxygens (including phenoxy) is 1. The van der Waals surface area contributed by atoms with Crippen LogP contribution in [0.1, 0.15) is 28.7 Å². The van der Waals surface area contributed by atoms with Gasteiger partial charge in [0, 0.05) is 18.8 Å². The lowest BCUT2D eigenvalue weighted by Gasteiger charge is -2.34. The quantitative estimate of drug-likeness (QED) is 0.260. The highest BCUT2D eigenvalue weighted by atomic mass is 32.2. The van der Waals surface area contributed by atoms with Crippen LogP contribution in [0, 0.1) is 0 Å². The van der Waals surface area contributed by atoms with Crippen molar-refractivity contribution in [1.82, 2.24) is 10.2 Å². The van der Waals surface area contributed by atoms with Crippen molar-refractivity contribution in [1.29, 1.82) is 0 Å². The van der Waals surface area contributed by atoms with Crippen LogP contribution in [0.4, 0.5) is 57.3 Å². The number of nitrogens with one attached hydrogen (secondary N) is 1. The van der Waals surface area contributed by atoms with Gasteiger partial charge in [0.2, 0.25) is 15.0 Å². The van der Waals surface area contributed by atoms with Gasteiger partial charge in [0.05, 0.1) is 5.69 Å². The van der Waals surface area contributed by atoms with Gasteiger partial charge in [-0.05, 0) is 37.5 Å². The van der Waals surface area contributed by atoms with E-state index < -0.39 is 50.3 Å². The zero-order chi connectivity index (χ0) is 28.7. The van der Waals surface area contributed by atoms with Gasteiger partial charge in [-0.2, -0.15) is 35.1 Å². The number of esters is 1. The van der Waals surface area contributed by atoms with Crippen molar-refractivity contribution < 1.29 is 53.1 Å². The molecule has 1 aliphatic rings. The number of nitrogens with zero attached hydrogens (tertiary/aromatic N) is 5. The highest BCUT2D eigenvalue weighted by molar-refractivity contribution is 7.92. The predicted octanol–water partition coefficient (Wildman–Crippen LogP) is 5.34. The van der Waals surface area contributed by atoms with Gasteiger partial charge in [-0.15, -0.1) is 20.4 Å². The molecular formula is C18H16F8N6O4S2. The number of fused-ring (bicyclic) bond motifs is 1. The molecule has 1 atom stereocenters. The highest BCUT2D eigenvalue weighted by Crippen LogP contribution is 2.40. The van der Waals surface area contributed by atoms with Gasteiger partial charge >= 0.3 is 24.4 Å². The molecule has 0 amide bonds. The normalized spacial score (nSPS) is 17.0. The number of carbonyl (C=O) groups is 1. The van der Waals surface area contributed by atoms with Gasteiger partial charge in [0.1, 0.15) is 5.69 Å². The number of benzene rings is 1. The molecule has 20 heteroatoms. The molecule has 38 heavy (non-hydrogen) atoms. The molecule has 1 N–H and O–H groups in total. The van der Waals surface area contributed by atoms with E-state index in [0.29, 0.717) is 24.1 Å². The van der Waals surface area contributed by atoms with E-state index >= 15 is 0 Å². The van der Waals surface area contributed by atoms with Crippen LogP contribution in [-0.2, 0) is 21.2 Å². The Morgan fingerprint density at radius 1 is 1.16 bits per heavy atom. The number of carbonyl (C=O) groups excluding carboxylic acids is 1. The lowest BCUT2D eigenvalue weighted by molar-refractivity contribution is -0.370. The number of rotatable bonds is 7. The summed E-state index contributed by atoms with van der Waals surface area (Å²) in [6.07, 6.45) is -15.8. The Hall–Kier alpha value is -3.16. The maximum Gasteiger partial charge on any atom is 0.501 e. The topological polar surface area (TPSA) is 126 Å². The second kappa shape index (κ2) is 10.2. The fraction of sp³-hybridized carbons (Fsp3) is 0.500. The van der Waals surface area contributed by atoms with E-state index in [2.05, 4.69) is 25.2 Å². The fourth-order valence-electron chi connectivity index (χ4n) is 3.18. The molecule has 1 aliphatic heterocycles. The maximum atomic E-state index is 12.9. The van der Waals surface area contributed by atoms with Gasteiger partial charge in [-0.3, -0.25) is 4.72 Å². The average Bonchev–Trinajstić information content (AvgIpc) is 3.21. The lowest BCUT2D eigenvalue weighted by atomic mass is 9.96. The Morgan fingerprint density at radius 3 is 2.42 bits per heavy atom. The van der Waals surface area contributed by atoms with E-state index in [4.69, 9.17) is 0 Å². The molecule has 2 aromatic rings. The van der Waals surface area contributed by atoms with Gasteiger partial charge in [0.15, 0.2) is 5.75 Å². The summed E-state index contributed by atoms with van der Waals surface area (Å²) in [5.41, 5.74) is 0.514. The first-order chi connectivity index (χ1) is 17.3. The van der Waals surface area contributed by atoms with E-state index in [1.54, 1.807) is 16.7 Å². The average molecular weight is 596 g/mol. The van der Waals surface area contributed by atoms with E-state index in [9.17, 15) is 48.3 Å². The largest absolute Gasteiger partial charge is 0.501 e. The molecule has 0 radical (unpaired) electrons. The van der Waals surface area contributed by atoms with E-state index in [1.807, 2.05) is 6.92 Å². The Bertz CT molecular complexity index is 1340. The molecule has 1 aromatic heterocycles. The SMILES string of the molecule is CC1CCc2cc(N=Nc3nnc(C(=O)OC(F)(F)C(F)(F)F)s3)c(NS(=O)(=O)CC(F)(F)F)cc2N1C. The Kier molecular flexibility index (Phi) is 7.88. The maximum absolute atomic E-state index is 12.9. The zero-order valence-electron chi connectivity index (χ0n) is 19.1. The molecule has 0 spiro atoms. The molecule has 0 saturated carbocycles. The molecule has 0 bridgehead atoms. The minimum atomic E-state index is -6.18. The molecule has 1 unspecified atom stereocenters. The smallest absolute Gasteiger partial charge is 0.388 e. The second-order valence-corrected chi connectivity index (χ2v) is 10.6. The molecule has 1 aromatic carbocycles. The minimum Gasteiger partial charge on any atom is -0.388 e. The van der Waals surface area contributed by atoms with Crippen LogP contribution in [0.15, 0.2) is 22.4 Å². The van der Waals surface area contributed by atoms with E-state index in [0.717, 1.165) is 0 Å². The lowest BCUT2D eigenvalue weighted by Crippen LogP contribution is -2.40. The van der Waals surface area contributed by atoms with Crippen LogP contribution in [0.5, 0.6) is 0 Å². The van der Waals surface area contributed by atoms with Crippen molar-refractivity contribution >= 4 is 49.5 Å². The number of aryl methyl sites for hydroxylation is 1. The standard InChI is InChI=1S/C18H16F8N6O4S2/c1-8-3-4-9-5-10(11(6-12(9)32(8)2)31-38(34,35)7-16(19,20)21)27-29-15-30-28-13(37-15)14(33)36-18(25,26)17(22,23)24/h5-6,8,31H,3-4,7H2,1-2H3. The first-order valence-electron chi connectivity index (χ1n) is 10.2. The van der Waals surface area contributed by atoms with Crippen LogP contribution in [0.25, 0.3) is 0 Å². The Morgan fingerprint density at radius 2 is 1.82 bits per heavy atom. The molecule has 210 valence electrons. The summed E-state index contributed by atoms with van der Waals surface area (Å²) < 4.78 is 130. The van der Waals surface area contributed by atoms with Crippen LogP contribution in [0.2, 0.25) is 0 Å². The summed E-state index contributed by atoms with van der Waals surface area (Å²) in [7, 11) is -3.24. The van der Waals surface area contributed by atoms with Crippen molar-refractivity contribution in [2.45, 2.75) is 44.3 Å². The molecule has 2 heterocycles. The second-order valence-electron chi connectivity index (χ2n) is 7.97. The van der Waals surface area contributed by atoms with Crippen molar-refractivity contribution in [3.63, 3.8) is 0 Å². The number of hydrogen-bond acceptors (Lipinski definition) is 10. The number of azo groups is 1. The molecular weight excluding hydrogens is 580 g/mol. The van der Waals surface area contributed by atoms with Crippen molar-refractivity contribution in [3.05, 3.63) is 22.7 Å². The number of anilines is 2. The first kappa shape index (κ1) is 29.4. The third-order valence-corrected chi connectivity index (χ3v) is 7.10. The fourth-order valence-corrected chi connectivity index (χ4v) is 4.73. The van der Waals surface area contributed by atoms with Crippen LogP contribution < -0.4 is 9.62 Å². The van der Waals surface area contributed by atoms with E-state index in [1.165, 1.54) is 12.1 Å². The highest BCUT2D eigenvalue weighted by Gasteiger charge is 2.62. The number of alkyl halides is 8. The zero-order valence-corrected chi connectivity index (χ0v) is 20.7. The van der Waals surface area contributed by atoms with Crippen molar-refractivity contribution in [2.75, 3.05) is 22.4 Å². The molecule has 10 nitrogen and oxygen atoms in total. The summed E-state index contributed by atoms with van der Waals surface area (Å²) >= 11 is 0.114. The summed E-state index contributed by atoms with van der Waals surface area (Å²) in [5, 5.41) is 12.1. The number of aromatic nitrogens is 2. The van der Waals surface area contributed by atoms with Gasteiger partial charge in [-0.1, -0.05) is 11.3 Å². The third kappa shape index (κ3) is 7.03. The van der Waals surface area contributed by atoms with Crippen molar-refractivity contribution in [2.24, 2.45) is 10.2 Å². The summed E-state index contributed by atoms with van der Waals surface area (Å²) in [6, 6.07) is 2.64. The van der Waals surface area contributed by atoms with Gasteiger partial charge in [0.25, 0.3) is 5.13 Å². The Balaban J connectivity index is 1.92. The summed E-state index contributed by atoms with van der Waals surface area (Å²) in [6.45, 7) is 1.88. The minimum absolute atomic E-state index is 0.0268. The van der Waals surface area contributed by atoms with Crippen LogP contribution >= 0.6 is 11.3 Å². The van der Waals surface area contributed by atoms with Gasteiger partial charge in [-0.25, -0.2) is 13.2 Å². The number of hydrogen-bond donors (Lipinski definition) is 1. The molecule has 0 fully saturated rings.